The Kier molecular flexibility index (Phi) is 9.61. The van der Waals surface area contributed by atoms with Crippen molar-refractivity contribution in [2.75, 3.05) is 13.2 Å². The molecular formula is C23H28ClFN2O3. The molecule has 2 aromatic carbocycles. The van der Waals surface area contributed by atoms with Crippen LogP contribution < -0.4 is 10.1 Å². The minimum Gasteiger partial charge on any atom is -0.494 e. The van der Waals surface area contributed by atoms with Crippen LogP contribution in [0.15, 0.2) is 48.5 Å². The highest BCUT2D eigenvalue weighted by atomic mass is 35.5. The topological polar surface area (TPSA) is 58.6 Å². The molecule has 0 unspecified atom stereocenters. The summed E-state index contributed by atoms with van der Waals surface area (Å²) in [5.41, 5.74) is 0.761. The van der Waals surface area contributed by atoms with Gasteiger partial charge in [0, 0.05) is 24.5 Å². The third kappa shape index (κ3) is 7.67. The minimum atomic E-state index is -0.633. The molecule has 1 atom stereocenters. The molecule has 0 bridgehead atoms. The van der Waals surface area contributed by atoms with Crippen LogP contribution in [0.2, 0.25) is 5.02 Å². The number of nitrogens with zero attached hydrogens (tertiary/aromatic N) is 1. The van der Waals surface area contributed by atoms with Crippen LogP contribution in [0, 0.1) is 5.82 Å². The normalized spacial score (nSPS) is 11.6. The highest BCUT2D eigenvalue weighted by Crippen LogP contribution is 2.16. The zero-order valence-corrected chi connectivity index (χ0v) is 18.1. The fourth-order valence-electron chi connectivity index (χ4n) is 2.85. The monoisotopic (exact) mass is 434 g/mol. The molecule has 0 saturated heterocycles. The van der Waals surface area contributed by atoms with Crippen molar-refractivity contribution in [1.29, 1.82) is 0 Å². The van der Waals surface area contributed by atoms with Gasteiger partial charge in [-0.3, -0.25) is 9.59 Å². The van der Waals surface area contributed by atoms with E-state index in [1.165, 1.54) is 17.0 Å². The Morgan fingerprint density at radius 2 is 1.80 bits per heavy atom. The third-order valence-corrected chi connectivity index (χ3v) is 4.85. The van der Waals surface area contributed by atoms with Crippen molar-refractivity contribution in [2.24, 2.45) is 0 Å². The number of benzene rings is 2. The standard InChI is InChI=1S/C23H28ClFN2O3/c1-3-14-26-23(29)17(2)27(16-18-6-10-20(25)11-7-18)22(28)5-4-15-30-21-12-8-19(24)9-13-21/h6-13,17H,3-5,14-16H2,1-2H3,(H,26,29)/t17-/m0/s1. The van der Waals surface area contributed by atoms with E-state index >= 15 is 0 Å². The van der Waals surface area contributed by atoms with Crippen LogP contribution >= 0.6 is 11.6 Å². The molecule has 0 spiro atoms. The van der Waals surface area contributed by atoms with Crippen LogP contribution in [0.3, 0.4) is 0 Å². The van der Waals surface area contributed by atoms with Crippen molar-refractivity contribution in [1.82, 2.24) is 10.2 Å². The van der Waals surface area contributed by atoms with E-state index in [2.05, 4.69) is 5.32 Å². The Labute approximate surface area is 182 Å². The number of halogens is 2. The Balaban J connectivity index is 1.96. The van der Waals surface area contributed by atoms with E-state index < -0.39 is 6.04 Å². The van der Waals surface area contributed by atoms with Gasteiger partial charge in [-0.2, -0.15) is 0 Å². The summed E-state index contributed by atoms with van der Waals surface area (Å²) in [5, 5.41) is 3.46. The molecule has 0 aliphatic rings. The predicted molar refractivity (Wildman–Crippen MR) is 116 cm³/mol. The summed E-state index contributed by atoms with van der Waals surface area (Å²) >= 11 is 5.85. The zero-order chi connectivity index (χ0) is 21.9. The molecule has 2 amide bonds. The van der Waals surface area contributed by atoms with Crippen LogP contribution in [0.25, 0.3) is 0 Å². The molecule has 0 radical (unpaired) electrons. The van der Waals surface area contributed by atoms with Gasteiger partial charge >= 0.3 is 0 Å². The first-order valence-electron chi connectivity index (χ1n) is 10.1. The number of rotatable bonds is 11. The predicted octanol–water partition coefficient (Wildman–Crippen LogP) is 4.58. The summed E-state index contributed by atoms with van der Waals surface area (Å²) in [4.78, 5) is 26.9. The SMILES string of the molecule is CCCNC(=O)[C@H](C)N(Cc1ccc(F)cc1)C(=O)CCCOc1ccc(Cl)cc1. The van der Waals surface area contributed by atoms with Gasteiger partial charge in [-0.05, 0) is 61.7 Å². The lowest BCUT2D eigenvalue weighted by atomic mass is 10.1. The third-order valence-electron chi connectivity index (χ3n) is 4.60. The average Bonchev–Trinajstić information content (AvgIpc) is 2.75. The first-order valence-corrected chi connectivity index (χ1v) is 10.5. The molecule has 2 rings (SSSR count). The van der Waals surface area contributed by atoms with Crippen molar-refractivity contribution >= 4 is 23.4 Å². The van der Waals surface area contributed by atoms with Gasteiger partial charge in [0.15, 0.2) is 0 Å². The van der Waals surface area contributed by atoms with E-state index in [1.807, 2.05) is 6.92 Å². The first-order chi connectivity index (χ1) is 14.4. The molecule has 2 aromatic rings. The Morgan fingerprint density at radius 3 is 2.43 bits per heavy atom. The van der Waals surface area contributed by atoms with Crippen molar-refractivity contribution in [2.45, 2.75) is 45.7 Å². The molecular weight excluding hydrogens is 407 g/mol. The first kappa shape index (κ1) is 23.7. The zero-order valence-electron chi connectivity index (χ0n) is 17.4. The second-order valence-electron chi connectivity index (χ2n) is 7.02. The van der Waals surface area contributed by atoms with Crippen LogP contribution in [0.5, 0.6) is 5.75 Å². The van der Waals surface area contributed by atoms with Crippen LogP contribution in [-0.2, 0) is 16.1 Å². The van der Waals surface area contributed by atoms with Crippen molar-refractivity contribution in [3.8, 4) is 5.75 Å². The summed E-state index contributed by atoms with van der Waals surface area (Å²) in [6, 6.07) is 12.3. The molecule has 0 aliphatic heterocycles. The van der Waals surface area contributed by atoms with E-state index in [9.17, 15) is 14.0 Å². The van der Waals surface area contributed by atoms with E-state index in [4.69, 9.17) is 16.3 Å². The van der Waals surface area contributed by atoms with Gasteiger partial charge in [0.05, 0.1) is 6.61 Å². The van der Waals surface area contributed by atoms with Gasteiger partial charge in [-0.1, -0.05) is 30.7 Å². The van der Waals surface area contributed by atoms with Gasteiger partial charge in [-0.25, -0.2) is 4.39 Å². The minimum absolute atomic E-state index is 0.154. The van der Waals surface area contributed by atoms with Gasteiger partial charge in [0.1, 0.15) is 17.6 Å². The lowest BCUT2D eigenvalue weighted by Gasteiger charge is -2.29. The molecule has 0 aromatic heterocycles. The van der Waals surface area contributed by atoms with Gasteiger partial charge in [0.2, 0.25) is 11.8 Å². The maximum absolute atomic E-state index is 13.2. The molecule has 30 heavy (non-hydrogen) atoms. The lowest BCUT2D eigenvalue weighted by Crippen LogP contribution is -2.47. The van der Waals surface area contributed by atoms with Crippen LogP contribution in [-0.4, -0.2) is 35.9 Å². The Morgan fingerprint density at radius 1 is 1.13 bits per heavy atom. The smallest absolute Gasteiger partial charge is 0.242 e. The van der Waals surface area contributed by atoms with E-state index in [0.717, 1.165) is 12.0 Å². The molecule has 5 nitrogen and oxygen atoms in total. The fraction of sp³-hybridized carbons (Fsp3) is 0.391. The second kappa shape index (κ2) is 12.2. The number of ether oxygens (including phenoxy) is 1. The fourth-order valence-corrected chi connectivity index (χ4v) is 2.98. The van der Waals surface area contributed by atoms with Crippen LogP contribution in [0.1, 0.15) is 38.7 Å². The maximum atomic E-state index is 13.2. The summed E-state index contributed by atoms with van der Waals surface area (Å²) in [5.74, 6) is -0.0186. The lowest BCUT2D eigenvalue weighted by molar-refractivity contribution is -0.140. The molecule has 1 N–H and O–H groups in total. The van der Waals surface area contributed by atoms with E-state index in [0.29, 0.717) is 30.3 Å². The summed E-state index contributed by atoms with van der Waals surface area (Å²) < 4.78 is 18.8. The Bertz CT molecular complexity index is 812. The van der Waals surface area contributed by atoms with Crippen molar-refractivity contribution in [3.05, 3.63) is 64.9 Å². The van der Waals surface area contributed by atoms with Gasteiger partial charge in [0.25, 0.3) is 0 Å². The highest BCUT2D eigenvalue weighted by molar-refractivity contribution is 6.30. The quantitative estimate of drug-likeness (QED) is 0.526. The largest absolute Gasteiger partial charge is 0.494 e. The molecule has 0 saturated carbocycles. The summed E-state index contributed by atoms with van der Waals surface area (Å²) in [7, 11) is 0. The van der Waals surface area contributed by atoms with Crippen LogP contribution in [0.4, 0.5) is 4.39 Å². The van der Waals surface area contributed by atoms with E-state index in [-0.39, 0.29) is 30.6 Å². The number of carbonyl (C=O) groups is 2. The number of amides is 2. The number of carbonyl (C=O) groups excluding carboxylic acids is 2. The number of hydrogen-bond donors (Lipinski definition) is 1. The van der Waals surface area contributed by atoms with E-state index in [1.54, 1.807) is 43.3 Å². The second-order valence-corrected chi connectivity index (χ2v) is 7.46. The van der Waals surface area contributed by atoms with Crippen molar-refractivity contribution < 1.29 is 18.7 Å². The molecule has 162 valence electrons. The van der Waals surface area contributed by atoms with Gasteiger partial charge < -0.3 is 15.0 Å². The highest BCUT2D eigenvalue weighted by Gasteiger charge is 2.25. The molecule has 0 aliphatic carbocycles. The molecule has 0 heterocycles. The summed E-state index contributed by atoms with van der Waals surface area (Å²) in [6.45, 7) is 4.83. The average molecular weight is 435 g/mol. The molecule has 0 fully saturated rings. The maximum Gasteiger partial charge on any atom is 0.242 e. The number of nitrogens with one attached hydrogen (secondary N) is 1. The Hall–Kier alpha value is -2.60. The summed E-state index contributed by atoms with van der Waals surface area (Å²) in [6.07, 6.45) is 1.55. The molecule has 7 heteroatoms. The van der Waals surface area contributed by atoms with Crippen molar-refractivity contribution in [3.63, 3.8) is 0 Å². The number of hydrogen-bond acceptors (Lipinski definition) is 3. The van der Waals surface area contributed by atoms with Gasteiger partial charge in [-0.15, -0.1) is 0 Å².